The smallest absolute Gasteiger partial charge is 0.250 e. The number of nitrogens with two attached hydrogens (primary N) is 1. The van der Waals surface area contributed by atoms with E-state index in [0.717, 1.165) is 16.9 Å². The highest BCUT2D eigenvalue weighted by molar-refractivity contribution is 7.91. The standard InChI is InChI=1S/C13H14N2O3S3/c14-13(19)11-5-6-12(20-11)21(17,18)15-8-7-9-1-3-10(16)4-2-9/h1-6,15-16H,7-8H2,(H2,14,19). The van der Waals surface area contributed by atoms with Crippen LogP contribution in [0.25, 0.3) is 0 Å². The molecule has 0 saturated carbocycles. The van der Waals surface area contributed by atoms with E-state index in [4.69, 9.17) is 18.0 Å². The van der Waals surface area contributed by atoms with E-state index in [2.05, 4.69) is 4.72 Å². The summed E-state index contributed by atoms with van der Waals surface area (Å²) < 4.78 is 26.9. The Kier molecular flexibility index (Phi) is 4.94. The number of thiocarbonyl (C=S) groups is 1. The Morgan fingerprint density at radius 2 is 1.90 bits per heavy atom. The fourth-order valence-electron chi connectivity index (χ4n) is 1.66. The lowest BCUT2D eigenvalue weighted by Gasteiger charge is -2.05. The highest BCUT2D eigenvalue weighted by Gasteiger charge is 2.16. The van der Waals surface area contributed by atoms with Gasteiger partial charge in [0, 0.05) is 6.54 Å². The molecule has 112 valence electrons. The van der Waals surface area contributed by atoms with Crippen LogP contribution >= 0.6 is 23.6 Å². The van der Waals surface area contributed by atoms with Crippen LogP contribution in [0.5, 0.6) is 5.75 Å². The zero-order valence-electron chi connectivity index (χ0n) is 10.9. The summed E-state index contributed by atoms with van der Waals surface area (Å²) in [6.45, 7) is 0.271. The molecule has 8 heteroatoms. The van der Waals surface area contributed by atoms with Crippen LogP contribution < -0.4 is 10.5 Å². The summed E-state index contributed by atoms with van der Waals surface area (Å²) in [6.07, 6.45) is 0.535. The molecule has 1 aromatic heterocycles. The van der Waals surface area contributed by atoms with Crippen molar-refractivity contribution in [2.45, 2.75) is 10.6 Å². The van der Waals surface area contributed by atoms with Crippen molar-refractivity contribution in [1.82, 2.24) is 4.72 Å². The molecule has 0 atom stereocenters. The third-order valence-corrected chi connectivity index (χ3v) is 6.15. The van der Waals surface area contributed by atoms with Gasteiger partial charge < -0.3 is 10.8 Å². The Labute approximate surface area is 132 Å². The SMILES string of the molecule is NC(=S)c1ccc(S(=O)(=O)NCCc2ccc(O)cc2)s1. The second-order valence-corrected chi connectivity index (χ2v) is 7.81. The number of hydrogen-bond acceptors (Lipinski definition) is 5. The first-order valence-electron chi connectivity index (χ1n) is 6.06. The van der Waals surface area contributed by atoms with Gasteiger partial charge in [0.25, 0.3) is 0 Å². The van der Waals surface area contributed by atoms with E-state index < -0.39 is 10.0 Å². The number of phenols is 1. The van der Waals surface area contributed by atoms with E-state index in [1.807, 2.05) is 0 Å². The number of phenolic OH excluding ortho intramolecular Hbond substituents is 1. The molecule has 0 unspecified atom stereocenters. The van der Waals surface area contributed by atoms with Crippen LogP contribution in [0.15, 0.2) is 40.6 Å². The lowest BCUT2D eigenvalue weighted by Crippen LogP contribution is -2.25. The van der Waals surface area contributed by atoms with Crippen LogP contribution in [-0.4, -0.2) is 25.1 Å². The summed E-state index contributed by atoms with van der Waals surface area (Å²) in [6, 6.07) is 9.72. The van der Waals surface area contributed by atoms with E-state index in [-0.39, 0.29) is 21.5 Å². The lowest BCUT2D eigenvalue weighted by molar-refractivity contribution is 0.475. The molecule has 1 aromatic carbocycles. The Balaban J connectivity index is 1.97. The van der Waals surface area contributed by atoms with Crippen molar-refractivity contribution < 1.29 is 13.5 Å². The van der Waals surface area contributed by atoms with Crippen LogP contribution in [0.2, 0.25) is 0 Å². The molecule has 2 aromatic rings. The molecule has 0 bridgehead atoms. The van der Waals surface area contributed by atoms with Crippen LogP contribution in [0.1, 0.15) is 10.4 Å². The fraction of sp³-hybridized carbons (Fsp3) is 0.154. The fourth-order valence-corrected chi connectivity index (χ4v) is 4.09. The predicted molar refractivity (Wildman–Crippen MR) is 87.2 cm³/mol. The Morgan fingerprint density at radius 1 is 1.24 bits per heavy atom. The zero-order valence-corrected chi connectivity index (χ0v) is 13.4. The quantitative estimate of drug-likeness (QED) is 0.694. The van der Waals surface area contributed by atoms with Crippen molar-refractivity contribution in [1.29, 1.82) is 0 Å². The third kappa shape index (κ3) is 4.24. The second-order valence-electron chi connectivity index (χ2n) is 4.30. The first-order valence-corrected chi connectivity index (χ1v) is 8.76. The molecular formula is C13H14N2O3S3. The van der Waals surface area contributed by atoms with Gasteiger partial charge in [-0.15, -0.1) is 11.3 Å². The van der Waals surface area contributed by atoms with Gasteiger partial charge >= 0.3 is 0 Å². The molecule has 0 aliphatic heterocycles. The van der Waals surface area contributed by atoms with Gasteiger partial charge in [-0.25, -0.2) is 13.1 Å². The molecule has 4 N–H and O–H groups in total. The molecule has 21 heavy (non-hydrogen) atoms. The highest BCUT2D eigenvalue weighted by atomic mass is 32.2. The van der Waals surface area contributed by atoms with Gasteiger partial charge in [-0.1, -0.05) is 24.4 Å². The second kappa shape index (κ2) is 6.52. The average Bonchev–Trinajstić information content (AvgIpc) is 2.91. The van der Waals surface area contributed by atoms with Crippen LogP contribution in [0.4, 0.5) is 0 Å². The van der Waals surface area contributed by atoms with Crippen LogP contribution in [-0.2, 0) is 16.4 Å². The lowest BCUT2D eigenvalue weighted by atomic mass is 10.1. The molecule has 0 fully saturated rings. The molecule has 0 radical (unpaired) electrons. The summed E-state index contributed by atoms with van der Waals surface area (Å²) in [5.41, 5.74) is 6.40. The number of rotatable bonds is 6. The summed E-state index contributed by atoms with van der Waals surface area (Å²) in [5.74, 6) is 0.184. The monoisotopic (exact) mass is 342 g/mol. The van der Waals surface area contributed by atoms with Crippen molar-refractivity contribution in [2.75, 3.05) is 6.54 Å². The minimum Gasteiger partial charge on any atom is -0.508 e. The summed E-state index contributed by atoms with van der Waals surface area (Å²) in [7, 11) is -3.55. The van der Waals surface area contributed by atoms with Gasteiger partial charge in [0.05, 0.1) is 4.88 Å². The minimum atomic E-state index is -3.55. The number of hydrogen-bond donors (Lipinski definition) is 3. The number of sulfonamides is 1. The Bertz CT molecular complexity index is 736. The van der Waals surface area contributed by atoms with Gasteiger partial charge in [-0.05, 0) is 36.2 Å². The maximum absolute atomic E-state index is 12.1. The van der Waals surface area contributed by atoms with Gasteiger partial charge in [0.1, 0.15) is 14.9 Å². The Hall–Kier alpha value is -1.48. The molecule has 0 spiro atoms. The van der Waals surface area contributed by atoms with E-state index in [0.29, 0.717) is 11.3 Å². The minimum absolute atomic E-state index is 0.184. The van der Waals surface area contributed by atoms with Crippen molar-refractivity contribution in [2.24, 2.45) is 5.73 Å². The molecule has 0 aliphatic carbocycles. The van der Waals surface area contributed by atoms with Gasteiger partial charge in [0.15, 0.2) is 0 Å². The van der Waals surface area contributed by atoms with E-state index in [1.165, 1.54) is 6.07 Å². The van der Waals surface area contributed by atoms with E-state index >= 15 is 0 Å². The van der Waals surface area contributed by atoms with Crippen molar-refractivity contribution in [3.05, 3.63) is 46.8 Å². The maximum Gasteiger partial charge on any atom is 0.250 e. The van der Waals surface area contributed by atoms with Crippen molar-refractivity contribution in [3.63, 3.8) is 0 Å². The molecule has 1 heterocycles. The molecular weight excluding hydrogens is 328 g/mol. The van der Waals surface area contributed by atoms with E-state index in [1.54, 1.807) is 30.3 Å². The first kappa shape index (κ1) is 15.9. The molecule has 0 amide bonds. The van der Waals surface area contributed by atoms with Crippen molar-refractivity contribution >= 4 is 38.6 Å². The largest absolute Gasteiger partial charge is 0.508 e. The first-order chi connectivity index (χ1) is 9.88. The summed E-state index contributed by atoms with van der Waals surface area (Å²) >= 11 is 5.86. The zero-order chi connectivity index (χ0) is 15.5. The topological polar surface area (TPSA) is 92.4 Å². The van der Waals surface area contributed by atoms with Crippen molar-refractivity contribution in [3.8, 4) is 5.75 Å². The predicted octanol–water partition coefficient (Wildman–Crippen LogP) is 1.61. The average molecular weight is 342 g/mol. The summed E-state index contributed by atoms with van der Waals surface area (Å²) in [5, 5.41) is 9.18. The van der Waals surface area contributed by atoms with E-state index in [9.17, 15) is 13.5 Å². The van der Waals surface area contributed by atoms with Gasteiger partial charge in [-0.3, -0.25) is 0 Å². The maximum atomic E-state index is 12.1. The van der Waals surface area contributed by atoms with Crippen LogP contribution in [0.3, 0.4) is 0 Å². The third-order valence-electron chi connectivity index (χ3n) is 2.73. The summed E-state index contributed by atoms with van der Waals surface area (Å²) in [4.78, 5) is 0.759. The number of nitrogens with one attached hydrogen (secondary N) is 1. The highest BCUT2D eigenvalue weighted by Crippen LogP contribution is 2.21. The molecule has 2 rings (SSSR count). The number of benzene rings is 1. The molecule has 0 saturated heterocycles. The van der Waals surface area contributed by atoms with Crippen LogP contribution in [0, 0.1) is 0 Å². The number of thiophene rings is 1. The van der Waals surface area contributed by atoms with Gasteiger partial charge in [0.2, 0.25) is 10.0 Å². The molecule has 0 aliphatic rings. The Morgan fingerprint density at radius 3 is 2.48 bits per heavy atom. The normalized spacial score (nSPS) is 11.4. The molecule has 5 nitrogen and oxygen atoms in total. The number of aromatic hydroxyl groups is 1. The van der Waals surface area contributed by atoms with Gasteiger partial charge in [-0.2, -0.15) is 0 Å².